The van der Waals surface area contributed by atoms with Gasteiger partial charge in [0, 0.05) is 0 Å². The van der Waals surface area contributed by atoms with Crippen LogP contribution in [0.1, 0.15) is 40.0 Å². The van der Waals surface area contributed by atoms with E-state index >= 15 is 0 Å². The van der Waals surface area contributed by atoms with Crippen LogP contribution in [0.4, 0.5) is 0 Å². The van der Waals surface area contributed by atoms with Crippen LogP contribution >= 0.6 is 0 Å². The van der Waals surface area contributed by atoms with Gasteiger partial charge in [0.2, 0.25) is 0 Å². The fourth-order valence-corrected chi connectivity index (χ4v) is 1.85. The normalized spacial score (nSPS) is 42.9. The molecule has 1 nitrogen and oxygen atoms in total. The van der Waals surface area contributed by atoms with Gasteiger partial charge in [-0.1, -0.05) is 20.8 Å². The van der Waals surface area contributed by atoms with Crippen LogP contribution in [0, 0.1) is 5.92 Å². The van der Waals surface area contributed by atoms with Gasteiger partial charge in [0.25, 0.3) is 0 Å². The summed E-state index contributed by atoms with van der Waals surface area (Å²) in [5.74, 6) is 0.937. The van der Waals surface area contributed by atoms with Crippen molar-refractivity contribution >= 4 is 0 Å². The molecule has 2 aliphatic heterocycles. The number of rotatable bonds is 0. The first-order chi connectivity index (χ1) is 4.84. The van der Waals surface area contributed by atoms with Gasteiger partial charge in [0.1, 0.15) is 0 Å². The Hall–Kier alpha value is -0.0400. The first kappa shape index (κ1) is 8.06. The molecule has 0 N–H and O–H groups in total. The van der Waals surface area contributed by atoms with Crippen molar-refractivity contribution in [3.8, 4) is 0 Å². The van der Waals surface area contributed by atoms with E-state index in [0.717, 1.165) is 5.92 Å². The third-order valence-electron chi connectivity index (χ3n) is 2.24. The SMILES string of the molecule is CC.CC1CC2CC(C1)O2. The van der Waals surface area contributed by atoms with Crippen molar-refractivity contribution in [1.82, 2.24) is 0 Å². The van der Waals surface area contributed by atoms with Gasteiger partial charge in [0.15, 0.2) is 0 Å². The van der Waals surface area contributed by atoms with E-state index in [1.165, 1.54) is 19.3 Å². The van der Waals surface area contributed by atoms with Gasteiger partial charge < -0.3 is 4.74 Å². The van der Waals surface area contributed by atoms with Crippen LogP contribution in [0.25, 0.3) is 0 Å². The van der Waals surface area contributed by atoms with E-state index in [0.29, 0.717) is 12.2 Å². The quantitative estimate of drug-likeness (QED) is 0.505. The average molecular weight is 142 g/mol. The van der Waals surface area contributed by atoms with E-state index in [4.69, 9.17) is 4.74 Å². The first-order valence-corrected chi connectivity index (χ1v) is 4.50. The minimum absolute atomic E-state index is 0.656. The molecular formula is C9H18O. The smallest absolute Gasteiger partial charge is 0.0606 e. The second-order valence-corrected chi connectivity index (χ2v) is 3.19. The monoisotopic (exact) mass is 142 g/mol. The van der Waals surface area contributed by atoms with Crippen LogP contribution in [-0.2, 0) is 4.74 Å². The molecule has 60 valence electrons. The molecule has 0 radical (unpaired) electrons. The van der Waals surface area contributed by atoms with Crippen LogP contribution < -0.4 is 0 Å². The molecule has 0 aromatic heterocycles. The Bertz CT molecular complexity index is 84.9. The van der Waals surface area contributed by atoms with Gasteiger partial charge >= 0.3 is 0 Å². The molecule has 3 rings (SSSR count). The maximum atomic E-state index is 5.45. The molecular weight excluding hydrogens is 124 g/mol. The molecule has 1 saturated carbocycles. The molecule has 10 heavy (non-hydrogen) atoms. The Morgan fingerprint density at radius 2 is 1.40 bits per heavy atom. The van der Waals surface area contributed by atoms with Crippen molar-refractivity contribution in [3.05, 3.63) is 0 Å². The minimum Gasteiger partial charge on any atom is -0.375 e. The molecule has 2 saturated heterocycles. The summed E-state index contributed by atoms with van der Waals surface area (Å²) in [6, 6.07) is 0. The summed E-state index contributed by atoms with van der Waals surface area (Å²) >= 11 is 0. The number of fused-ring (bicyclic) bond motifs is 2. The van der Waals surface area contributed by atoms with Crippen molar-refractivity contribution in [1.29, 1.82) is 0 Å². The Balaban J connectivity index is 0.000000231. The highest BCUT2D eigenvalue weighted by atomic mass is 16.5. The number of ether oxygens (including phenoxy) is 1. The lowest BCUT2D eigenvalue weighted by molar-refractivity contribution is -0.170. The lowest BCUT2D eigenvalue weighted by Gasteiger charge is -2.44. The molecule has 1 aliphatic carbocycles. The molecule has 3 aliphatic rings. The molecule has 0 aromatic rings. The first-order valence-electron chi connectivity index (χ1n) is 4.50. The van der Waals surface area contributed by atoms with Crippen LogP contribution in [0.3, 0.4) is 0 Å². The van der Waals surface area contributed by atoms with Crippen molar-refractivity contribution in [2.45, 2.75) is 52.2 Å². The highest BCUT2D eigenvalue weighted by Gasteiger charge is 2.37. The third-order valence-corrected chi connectivity index (χ3v) is 2.24. The van der Waals surface area contributed by atoms with E-state index in [-0.39, 0.29) is 0 Å². The zero-order chi connectivity index (χ0) is 7.56. The van der Waals surface area contributed by atoms with Crippen LogP contribution in [0.15, 0.2) is 0 Å². The van der Waals surface area contributed by atoms with E-state index in [9.17, 15) is 0 Å². The van der Waals surface area contributed by atoms with Gasteiger partial charge in [-0.25, -0.2) is 0 Å². The van der Waals surface area contributed by atoms with Gasteiger partial charge in [-0.05, 0) is 25.2 Å². The number of hydrogen-bond donors (Lipinski definition) is 0. The van der Waals surface area contributed by atoms with Crippen molar-refractivity contribution < 1.29 is 4.74 Å². The van der Waals surface area contributed by atoms with Crippen LogP contribution in [0.5, 0.6) is 0 Å². The summed E-state index contributed by atoms with van der Waals surface area (Å²) in [7, 11) is 0. The Morgan fingerprint density at radius 3 is 1.60 bits per heavy atom. The molecule has 0 spiro atoms. The summed E-state index contributed by atoms with van der Waals surface area (Å²) in [5.41, 5.74) is 0. The minimum atomic E-state index is 0.656. The van der Waals surface area contributed by atoms with Crippen molar-refractivity contribution in [3.63, 3.8) is 0 Å². The predicted molar refractivity (Wildman–Crippen MR) is 43.0 cm³/mol. The molecule has 1 heteroatoms. The maximum absolute atomic E-state index is 5.45. The van der Waals surface area contributed by atoms with Crippen molar-refractivity contribution in [2.75, 3.05) is 0 Å². The average Bonchev–Trinajstić information content (AvgIpc) is 1.90. The molecule has 0 aromatic carbocycles. The fraction of sp³-hybridized carbons (Fsp3) is 1.00. The van der Waals surface area contributed by atoms with Crippen LogP contribution in [-0.4, -0.2) is 12.2 Å². The lowest BCUT2D eigenvalue weighted by Crippen LogP contribution is -2.44. The number of hydrogen-bond acceptors (Lipinski definition) is 1. The topological polar surface area (TPSA) is 9.23 Å². The summed E-state index contributed by atoms with van der Waals surface area (Å²) < 4.78 is 5.45. The summed E-state index contributed by atoms with van der Waals surface area (Å²) in [5, 5.41) is 0. The van der Waals surface area contributed by atoms with Crippen LogP contribution in [0.2, 0.25) is 0 Å². The second-order valence-electron chi connectivity index (χ2n) is 3.19. The highest BCUT2D eigenvalue weighted by molar-refractivity contribution is 4.86. The summed E-state index contributed by atoms with van der Waals surface area (Å²) in [4.78, 5) is 0. The third kappa shape index (κ3) is 1.51. The highest BCUT2D eigenvalue weighted by Crippen LogP contribution is 2.37. The molecule has 2 heterocycles. The summed E-state index contributed by atoms with van der Waals surface area (Å²) in [6.45, 7) is 6.32. The molecule has 2 unspecified atom stereocenters. The summed E-state index contributed by atoms with van der Waals surface area (Å²) in [6.07, 6.45) is 5.30. The molecule has 0 amide bonds. The zero-order valence-corrected chi connectivity index (χ0v) is 7.26. The molecule has 2 atom stereocenters. The van der Waals surface area contributed by atoms with Gasteiger partial charge in [0.05, 0.1) is 12.2 Å². The standard InChI is InChI=1S/C7H12O.C2H6/c1-5-2-6-4-7(3-5)8-6;1-2/h5-7H,2-4H2,1H3;1-2H3. The molecule has 3 fully saturated rings. The fourth-order valence-electron chi connectivity index (χ4n) is 1.85. The predicted octanol–water partition coefficient (Wildman–Crippen LogP) is 2.60. The molecule has 2 bridgehead atoms. The van der Waals surface area contributed by atoms with E-state index in [1.807, 2.05) is 13.8 Å². The Morgan fingerprint density at radius 1 is 1.00 bits per heavy atom. The van der Waals surface area contributed by atoms with Gasteiger partial charge in [-0.3, -0.25) is 0 Å². The Kier molecular flexibility index (Phi) is 2.72. The largest absolute Gasteiger partial charge is 0.375 e. The lowest BCUT2D eigenvalue weighted by atomic mass is 9.82. The van der Waals surface area contributed by atoms with Gasteiger partial charge in [-0.15, -0.1) is 0 Å². The van der Waals surface area contributed by atoms with Crippen molar-refractivity contribution in [2.24, 2.45) is 5.92 Å². The van der Waals surface area contributed by atoms with Gasteiger partial charge in [-0.2, -0.15) is 0 Å². The zero-order valence-electron chi connectivity index (χ0n) is 7.26. The van der Waals surface area contributed by atoms with E-state index < -0.39 is 0 Å². The van der Waals surface area contributed by atoms with E-state index in [1.54, 1.807) is 0 Å². The Labute approximate surface area is 63.8 Å². The maximum Gasteiger partial charge on any atom is 0.0606 e. The second kappa shape index (κ2) is 3.38. The van der Waals surface area contributed by atoms with E-state index in [2.05, 4.69) is 6.92 Å².